The van der Waals surface area contributed by atoms with E-state index in [0.717, 1.165) is 46.1 Å². The first-order chi connectivity index (χ1) is 15.7. The number of aromatic hydroxyl groups is 1. The van der Waals surface area contributed by atoms with Crippen LogP contribution in [0.5, 0.6) is 5.75 Å². The minimum absolute atomic E-state index is 0.157. The van der Waals surface area contributed by atoms with Crippen molar-refractivity contribution in [1.82, 2.24) is 0 Å². The first-order valence-corrected chi connectivity index (χ1v) is 11.7. The van der Waals surface area contributed by atoms with E-state index in [9.17, 15) is 14.3 Å². The third kappa shape index (κ3) is 7.30. The molecule has 0 fully saturated rings. The number of amides is 1. The number of phenols is 1. The molecule has 0 bridgehead atoms. The number of amidine groups is 1. The number of carbonyl (C=O) groups is 2. The van der Waals surface area contributed by atoms with E-state index in [2.05, 4.69) is 10.3 Å². The molecule has 9 heteroatoms. The van der Waals surface area contributed by atoms with E-state index in [0.29, 0.717) is 21.2 Å². The zero-order chi connectivity index (χ0) is 24.0. The molecule has 0 aromatic heterocycles. The summed E-state index contributed by atoms with van der Waals surface area (Å²) < 4.78 is 15.9. The summed E-state index contributed by atoms with van der Waals surface area (Å²) in [6.45, 7) is 1.08. The summed E-state index contributed by atoms with van der Waals surface area (Å²) in [5.41, 5.74) is 2.66. The molecule has 6 nitrogen and oxygen atoms in total. The number of carboxylic acid groups (broad SMARTS) is 1. The van der Waals surface area contributed by atoms with Crippen LogP contribution in [0, 0.1) is 5.82 Å². The number of anilines is 1. The summed E-state index contributed by atoms with van der Waals surface area (Å²) in [6.07, 6.45) is 1.52. The Morgan fingerprint density at radius 2 is 1.67 bits per heavy atom. The van der Waals surface area contributed by atoms with Crippen LogP contribution in [-0.4, -0.2) is 55.2 Å². The summed E-state index contributed by atoms with van der Waals surface area (Å²) in [6, 6.07) is 19.3. The van der Waals surface area contributed by atoms with Gasteiger partial charge in [-0.3, -0.25) is 4.79 Å². The quantitative estimate of drug-likeness (QED) is 0.391. The molecule has 3 aromatic rings. The van der Waals surface area contributed by atoms with E-state index in [4.69, 9.17) is 9.90 Å². The molecule has 0 saturated heterocycles. The van der Waals surface area contributed by atoms with E-state index in [-0.39, 0.29) is 11.7 Å². The molecule has 0 spiro atoms. The zero-order valence-electron chi connectivity index (χ0n) is 17.9. The number of aliphatic imine (C=N–C) groups is 1. The fourth-order valence-electron chi connectivity index (χ4n) is 2.84. The number of thioether (sulfide) groups is 1. The molecule has 4 rings (SSSR count). The van der Waals surface area contributed by atoms with Gasteiger partial charge in [-0.2, -0.15) is 0 Å². The molecule has 33 heavy (non-hydrogen) atoms. The number of carboxylic acids is 1. The summed E-state index contributed by atoms with van der Waals surface area (Å²) in [7, 11) is 0. The maximum atomic E-state index is 14.6. The van der Waals surface area contributed by atoms with Crippen molar-refractivity contribution in [2.75, 3.05) is 5.32 Å². The van der Waals surface area contributed by atoms with Gasteiger partial charge < -0.3 is 10.2 Å². The summed E-state index contributed by atoms with van der Waals surface area (Å²) >= 11 is 2.17. The van der Waals surface area contributed by atoms with Crippen LogP contribution in [0.3, 0.4) is 0 Å². The Morgan fingerprint density at radius 1 is 1.06 bits per heavy atom. The number of halogens is 1. The standard InChI is InChI=1S/C22H14FN2O2S.C2H4O2.Na/c23-19-12-15(14-8-10-18(26)11-9-14)6-7-16(19)13-20-21(27)25-22(28-20)24-17-4-2-1-3-5-17;1-2(3)4;/h2-13,26H,(H,24,25,27);1H3,(H,3,4);. The van der Waals surface area contributed by atoms with Crippen LogP contribution in [0.15, 0.2) is 76.6 Å². The van der Waals surface area contributed by atoms with Crippen LogP contribution in [0.1, 0.15) is 12.5 Å². The van der Waals surface area contributed by atoms with Gasteiger partial charge >= 0.3 is 144 Å². The van der Waals surface area contributed by atoms with Crippen LogP contribution in [0.2, 0.25) is 0 Å². The molecule has 0 aliphatic carbocycles. The normalized spacial score (nSPS) is 13.9. The second kappa shape index (κ2) is 11.3. The second-order valence-corrected chi connectivity index (χ2v) is 9.31. The molecule has 162 valence electrons. The molecular formula is C24H18FN2NaO4S. The number of carbonyl (C=O) groups excluding carboxylic acids is 1. The van der Waals surface area contributed by atoms with E-state index in [1.807, 2.05) is 24.3 Å². The SMILES string of the molecule is CC(=O)O.O=C1N=C(Nc2cc[c]([Na])cc2)SC1=Cc1ccc(-c2ccc(O)cc2)cc1F. The monoisotopic (exact) mass is 472 g/mol. The Hall–Kier alpha value is -2.91. The molecule has 3 aromatic carbocycles. The predicted molar refractivity (Wildman–Crippen MR) is 130 cm³/mol. The molecule has 0 radical (unpaired) electrons. The Labute approximate surface area is 211 Å². The molecule has 0 unspecified atom stereocenters. The van der Waals surface area contributed by atoms with Gasteiger partial charge in [0.1, 0.15) is 5.75 Å². The van der Waals surface area contributed by atoms with Gasteiger partial charge in [0.05, 0.1) is 0 Å². The van der Waals surface area contributed by atoms with Crippen LogP contribution in [-0.2, 0) is 9.59 Å². The van der Waals surface area contributed by atoms with Crippen LogP contribution >= 0.6 is 11.8 Å². The van der Waals surface area contributed by atoms with E-state index in [1.165, 1.54) is 26.7 Å². The fourth-order valence-corrected chi connectivity index (χ4v) is 4.00. The summed E-state index contributed by atoms with van der Waals surface area (Å²) in [5, 5.41) is 20.4. The van der Waals surface area contributed by atoms with Crippen LogP contribution < -0.4 is 8.13 Å². The van der Waals surface area contributed by atoms with Crippen molar-refractivity contribution in [1.29, 1.82) is 0 Å². The number of hydrogen-bond donors (Lipinski definition) is 3. The molecule has 1 aliphatic heterocycles. The Kier molecular flexibility index (Phi) is 8.46. The number of nitrogens with one attached hydrogen (secondary N) is 1. The third-order valence-electron chi connectivity index (χ3n) is 4.41. The average Bonchev–Trinajstić information content (AvgIpc) is 3.10. The van der Waals surface area contributed by atoms with Gasteiger partial charge in [-0.25, -0.2) is 0 Å². The average molecular weight is 472 g/mol. The van der Waals surface area contributed by atoms with Crippen molar-refractivity contribution in [3.63, 3.8) is 0 Å². The van der Waals surface area contributed by atoms with Gasteiger partial charge in [0, 0.05) is 6.92 Å². The number of aliphatic carboxylic acids is 1. The van der Waals surface area contributed by atoms with Gasteiger partial charge in [0.2, 0.25) is 0 Å². The second-order valence-electron chi connectivity index (χ2n) is 7.13. The van der Waals surface area contributed by atoms with Crippen molar-refractivity contribution in [2.45, 2.75) is 6.92 Å². The van der Waals surface area contributed by atoms with E-state index < -0.39 is 11.8 Å². The maximum absolute atomic E-state index is 14.6. The minimum atomic E-state index is -0.833. The van der Waals surface area contributed by atoms with Gasteiger partial charge in [0.15, 0.2) is 0 Å². The fraction of sp³-hybridized carbons (Fsp3) is 0.0417. The number of benzene rings is 3. The predicted octanol–water partition coefficient (Wildman–Crippen LogP) is 4.17. The van der Waals surface area contributed by atoms with E-state index in [1.54, 1.807) is 36.4 Å². The topological polar surface area (TPSA) is 99.0 Å². The first-order valence-electron chi connectivity index (χ1n) is 9.86. The van der Waals surface area contributed by atoms with Crippen LogP contribution in [0.25, 0.3) is 17.2 Å². The molecule has 1 heterocycles. The first kappa shape index (κ1) is 24.7. The Balaban J connectivity index is 0.000000709. The van der Waals surface area contributed by atoms with Crippen molar-refractivity contribution < 1.29 is 24.2 Å². The number of rotatable bonds is 3. The number of phenolic OH excluding ortho intramolecular Hbond substituents is 1. The molecule has 0 saturated carbocycles. The number of nitrogens with zero attached hydrogens (tertiary/aromatic N) is 1. The van der Waals surface area contributed by atoms with Crippen molar-refractivity contribution in [3.8, 4) is 16.9 Å². The van der Waals surface area contributed by atoms with Gasteiger partial charge in [-0.15, -0.1) is 0 Å². The molecule has 1 amide bonds. The summed E-state index contributed by atoms with van der Waals surface area (Å²) in [5.74, 6) is -1.50. The summed E-state index contributed by atoms with van der Waals surface area (Å²) in [4.78, 5) is 25.6. The molecule has 0 atom stereocenters. The van der Waals surface area contributed by atoms with Gasteiger partial charge in [-0.1, -0.05) is 12.1 Å². The zero-order valence-corrected chi connectivity index (χ0v) is 20.7. The Bertz CT molecular complexity index is 1240. The van der Waals surface area contributed by atoms with Gasteiger partial charge in [0.25, 0.3) is 5.97 Å². The van der Waals surface area contributed by atoms with Crippen molar-refractivity contribution in [3.05, 3.63) is 83.0 Å². The van der Waals surface area contributed by atoms with Crippen molar-refractivity contribution in [2.24, 2.45) is 4.99 Å². The number of hydrogen-bond acceptors (Lipinski definition) is 5. The molecule has 3 N–H and O–H groups in total. The Morgan fingerprint density at radius 3 is 2.27 bits per heavy atom. The molecule has 1 aliphatic rings. The molecular weight excluding hydrogens is 454 g/mol. The van der Waals surface area contributed by atoms with E-state index >= 15 is 0 Å². The van der Waals surface area contributed by atoms with Gasteiger partial charge in [-0.05, 0) is 23.3 Å². The van der Waals surface area contributed by atoms with Crippen molar-refractivity contribution >= 4 is 71.3 Å². The third-order valence-corrected chi connectivity index (χ3v) is 5.98. The van der Waals surface area contributed by atoms with Crippen LogP contribution in [0.4, 0.5) is 10.1 Å².